The van der Waals surface area contributed by atoms with Gasteiger partial charge in [-0.05, 0) is 45.7 Å². The highest BCUT2D eigenvalue weighted by atomic mass is 32.2. The Balaban J connectivity index is 1.68. The van der Waals surface area contributed by atoms with E-state index in [0.29, 0.717) is 30.4 Å². The molecule has 0 aliphatic carbocycles. The molecule has 1 saturated heterocycles. The van der Waals surface area contributed by atoms with Crippen molar-refractivity contribution in [3.05, 3.63) is 18.2 Å². The summed E-state index contributed by atoms with van der Waals surface area (Å²) in [6, 6.07) is 4.87. The molecule has 11 heteroatoms. The third-order valence-corrected chi connectivity index (χ3v) is 7.00. The summed E-state index contributed by atoms with van der Waals surface area (Å²) in [5, 5.41) is 5.39. The van der Waals surface area contributed by atoms with Crippen LogP contribution >= 0.6 is 11.7 Å². The molecule has 0 radical (unpaired) electrons. The van der Waals surface area contributed by atoms with E-state index < -0.39 is 15.9 Å². The van der Waals surface area contributed by atoms with Crippen molar-refractivity contribution < 1.29 is 18.0 Å². The Labute approximate surface area is 174 Å². The molecule has 3 rings (SSSR count). The number of hydrogen-bond acceptors (Lipinski definition) is 7. The highest BCUT2D eigenvalue weighted by Crippen LogP contribution is 2.28. The zero-order valence-electron chi connectivity index (χ0n) is 16.6. The van der Waals surface area contributed by atoms with E-state index >= 15 is 0 Å². The molecule has 1 aliphatic heterocycles. The van der Waals surface area contributed by atoms with Crippen LogP contribution in [0, 0.1) is 5.92 Å². The number of piperidine rings is 1. The van der Waals surface area contributed by atoms with Gasteiger partial charge in [-0.2, -0.15) is 13.1 Å². The lowest BCUT2D eigenvalue weighted by atomic mass is 9.99. The SMILES string of the molecule is CC(C)(C)NC(=O)CNC(=O)[C@@H]1CCCN(S(=O)(=O)c2cccc3nsnc23)C1. The van der Waals surface area contributed by atoms with Gasteiger partial charge in [-0.15, -0.1) is 0 Å². The molecule has 9 nitrogen and oxygen atoms in total. The van der Waals surface area contributed by atoms with E-state index in [1.54, 1.807) is 12.1 Å². The molecule has 2 heterocycles. The summed E-state index contributed by atoms with van der Waals surface area (Å²) >= 11 is 0.963. The number of aromatic nitrogens is 2. The van der Waals surface area contributed by atoms with Crippen LogP contribution in [0.25, 0.3) is 11.0 Å². The summed E-state index contributed by atoms with van der Waals surface area (Å²) in [6.45, 7) is 5.84. The molecular weight excluding hydrogens is 414 g/mol. The van der Waals surface area contributed by atoms with Gasteiger partial charge in [-0.3, -0.25) is 9.59 Å². The molecule has 1 atom stereocenters. The number of amides is 2. The molecule has 0 bridgehead atoms. The molecule has 1 aromatic heterocycles. The first kappa shape index (κ1) is 21.6. The van der Waals surface area contributed by atoms with Gasteiger partial charge in [0.2, 0.25) is 21.8 Å². The summed E-state index contributed by atoms with van der Waals surface area (Å²) < 4.78 is 35.8. The summed E-state index contributed by atoms with van der Waals surface area (Å²) in [6.07, 6.45) is 1.14. The molecule has 158 valence electrons. The minimum absolute atomic E-state index is 0.0724. The maximum atomic E-state index is 13.2. The fourth-order valence-corrected chi connectivity index (χ4v) is 5.55. The quantitative estimate of drug-likeness (QED) is 0.720. The Morgan fingerprint density at radius 1 is 1.28 bits per heavy atom. The molecule has 0 spiro atoms. The number of carbonyl (C=O) groups is 2. The van der Waals surface area contributed by atoms with Crippen molar-refractivity contribution in [1.82, 2.24) is 23.7 Å². The van der Waals surface area contributed by atoms with Crippen molar-refractivity contribution in [2.45, 2.75) is 44.0 Å². The summed E-state index contributed by atoms with van der Waals surface area (Å²) in [5.74, 6) is -1.11. The number of benzene rings is 1. The predicted molar refractivity (Wildman–Crippen MR) is 110 cm³/mol. The average Bonchev–Trinajstić information content (AvgIpc) is 3.13. The molecule has 2 amide bonds. The maximum Gasteiger partial charge on any atom is 0.245 e. The normalized spacial score (nSPS) is 18.5. The van der Waals surface area contributed by atoms with Gasteiger partial charge >= 0.3 is 0 Å². The van der Waals surface area contributed by atoms with Crippen LogP contribution in [0.3, 0.4) is 0 Å². The van der Waals surface area contributed by atoms with Crippen LogP contribution < -0.4 is 10.6 Å². The molecule has 0 saturated carbocycles. The fourth-order valence-electron chi connectivity index (χ4n) is 3.28. The molecule has 29 heavy (non-hydrogen) atoms. The molecule has 1 aromatic carbocycles. The Morgan fingerprint density at radius 2 is 2.03 bits per heavy atom. The van der Waals surface area contributed by atoms with E-state index in [0.717, 1.165) is 11.7 Å². The number of sulfonamides is 1. The van der Waals surface area contributed by atoms with Crippen LogP contribution in [0.2, 0.25) is 0 Å². The molecular formula is C18H25N5O4S2. The minimum Gasteiger partial charge on any atom is -0.350 e. The second-order valence-electron chi connectivity index (χ2n) is 8.11. The van der Waals surface area contributed by atoms with Crippen molar-refractivity contribution in [2.24, 2.45) is 5.92 Å². The van der Waals surface area contributed by atoms with E-state index in [4.69, 9.17) is 0 Å². The number of rotatable bonds is 5. The Morgan fingerprint density at radius 3 is 2.76 bits per heavy atom. The summed E-state index contributed by atoms with van der Waals surface area (Å²) in [5.41, 5.74) is 0.499. The van der Waals surface area contributed by atoms with Crippen LogP contribution in [-0.4, -0.2) is 58.5 Å². The maximum absolute atomic E-state index is 13.2. The lowest BCUT2D eigenvalue weighted by molar-refractivity contribution is -0.129. The predicted octanol–water partition coefficient (Wildman–Crippen LogP) is 1.12. The standard InChI is InChI=1S/C18H25N5O4S2/c1-18(2,3)20-15(24)10-19-17(25)12-6-5-9-23(11-12)29(26,27)14-8-4-7-13-16(14)22-28-21-13/h4,7-8,12H,5-6,9-11H2,1-3H3,(H,19,25)(H,20,24)/t12-/m1/s1. The number of nitrogens with one attached hydrogen (secondary N) is 2. The van der Waals surface area contributed by atoms with E-state index in [1.807, 2.05) is 20.8 Å². The van der Waals surface area contributed by atoms with Gasteiger partial charge in [-0.1, -0.05) is 6.07 Å². The fraction of sp³-hybridized carbons (Fsp3) is 0.556. The minimum atomic E-state index is -3.80. The lowest BCUT2D eigenvalue weighted by Crippen LogP contribution is -2.49. The number of nitrogens with zero attached hydrogens (tertiary/aromatic N) is 3. The first-order valence-electron chi connectivity index (χ1n) is 9.38. The van der Waals surface area contributed by atoms with Gasteiger partial charge < -0.3 is 10.6 Å². The number of hydrogen-bond donors (Lipinski definition) is 2. The van der Waals surface area contributed by atoms with Crippen molar-refractivity contribution in [2.75, 3.05) is 19.6 Å². The van der Waals surface area contributed by atoms with Crippen molar-refractivity contribution in [3.8, 4) is 0 Å². The van der Waals surface area contributed by atoms with E-state index in [2.05, 4.69) is 19.4 Å². The third-order valence-electron chi connectivity index (χ3n) is 4.56. The van der Waals surface area contributed by atoms with Crippen LogP contribution in [-0.2, 0) is 19.6 Å². The van der Waals surface area contributed by atoms with Crippen LogP contribution in [0.1, 0.15) is 33.6 Å². The molecule has 0 unspecified atom stereocenters. The number of carbonyl (C=O) groups excluding carboxylic acids is 2. The van der Waals surface area contributed by atoms with E-state index in [1.165, 1.54) is 10.4 Å². The Kier molecular flexibility index (Phi) is 6.20. The second-order valence-corrected chi connectivity index (χ2v) is 10.5. The van der Waals surface area contributed by atoms with Crippen molar-refractivity contribution in [1.29, 1.82) is 0 Å². The zero-order valence-corrected chi connectivity index (χ0v) is 18.3. The average molecular weight is 440 g/mol. The highest BCUT2D eigenvalue weighted by Gasteiger charge is 2.34. The second kappa shape index (κ2) is 8.33. The zero-order chi connectivity index (χ0) is 21.2. The first-order valence-corrected chi connectivity index (χ1v) is 11.5. The Bertz CT molecular complexity index is 1010. The van der Waals surface area contributed by atoms with Crippen LogP contribution in [0.5, 0.6) is 0 Å². The van der Waals surface area contributed by atoms with Gasteiger partial charge in [0.05, 0.1) is 24.2 Å². The molecule has 2 aromatic rings. The monoisotopic (exact) mass is 439 g/mol. The van der Waals surface area contributed by atoms with Gasteiger partial charge in [-0.25, -0.2) is 8.42 Å². The largest absolute Gasteiger partial charge is 0.350 e. The third kappa shape index (κ3) is 5.09. The molecule has 2 N–H and O–H groups in total. The van der Waals surface area contributed by atoms with Crippen molar-refractivity contribution >= 4 is 44.6 Å². The van der Waals surface area contributed by atoms with Gasteiger partial charge in [0, 0.05) is 18.6 Å². The first-order chi connectivity index (χ1) is 13.6. The van der Waals surface area contributed by atoms with Crippen LogP contribution in [0.15, 0.2) is 23.1 Å². The summed E-state index contributed by atoms with van der Waals surface area (Å²) in [7, 11) is -3.80. The van der Waals surface area contributed by atoms with Gasteiger partial charge in [0.15, 0.2) is 0 Å². The van der Waals surface area contributed by atoms with Crippen molar-refractivity contribution in [3.63, 3.8) is 0 Å². The summed E-state index contributed by atoms with van der Waals surface area (Å²) in [4.78, 5) is 24.5. The lowest BCUT2D eigenvalue weighted by Gasteiger charge is -2.31. The molecule has 1 fully saturated rings. The van der Waals surface area contributed by atoms with Gasteiger partial charge in [0.1, 0.15) is 15.9 Å². The Hall–Kier alpha value is -2.11. The topological polar surface area (TPSA) is 121 Å². The number of fused-ring (bicyclic) bond motifs is 1. The van der Waals surface area contributed by atoms with Gasteiger partial charge in [0.25, 0.3) is 0 Å². The smallest absolute Gasteiger partial charge is 0.245 e. The van der Waals surface area contributed by atoms with Crippen LogP contribution in [0.4, 0.5) is 0 Å². The molecule has 1 aliphatic rings. The highest BCUT2D eigenvalue weighted by molar-refractivity contribution is 7.89. The van der Waals surface area contributed by atoms with E-state index in [-0.39, 0.29) is 35.3 Å². The van der Waals surface area contributed by atoms with E-state index in [9.17, 15) is 18.0 Å².